The van der Waals surface area contributed by atoms with Gasteiger partial charge in [-0.3, -0.25) is 9.59 Å². The lowest BCUT2D eigenvalue weighted by Gasteiger charge is -2.09. The summed E-state index contributed by atoms with van der Waals surface area (Å²) in [5, 5.41) is 8.18. The van der Waals surface area contributed by atoms with Gasteiger partial charge in [-0.1, -0.05) is 18.2 Å². The van der Waals surface area contributed by atoms with Gasteiger partial charge in [-0.05, 0) is 30.3 Å². The number of halogens is 1. The zero-order valence-electron chi connectivity index (χ0n) is 14.4. The molecule has 27 heavy (non-hydrogen) atoms. The third-order valence-electron chi connectivity index (χ3n) is 3.48. The van der Waals surface area contributed by atoms with Crippen LogP contribution in [0.15, 0.2) is 60.9 Å². The lowest BCUT2D eigenvalue weighted by atomic mass is 10.2. The molecule has 0 unspecified atom stereocenters. The van der Waals surface area contributed by atoms with Crippen LogP contribution in [0.4, 0.5) is 27.3 Å². The Hall–Kier alpha value is -3.81. The van der Waals surface area contributed by atoms with Gasteiger partial charge in [0.05, 0.1) is 5.69 Å². The van der Waals surface area contributed by atoms with Gasteiger partial charge in [0.1, 0.15) is 23.7 Å². The highest BCUT2D eigenvalue weighted by Crippen LogP contribution is 2.20. The van der Waals surface area contributed by atoms with E-state index in [1.165, 1.54) is 37.5 Å². The van der Waals surface area contributed by atoms with E-state index in [4.69, 9.17) is 0 Å². The van der Waals surface area contributed by atoms with Crippen LogP contribution in [0.1, 0.15) is 17.4 Å². The minimum atomic E-state index is -0.558. The lowest BCUT2D eigenvalue weighted by Crippen LogP contribution is -2.15. The molecule has 0 radical (unpaired) electrons. The molecule has 0 aliphatic heterocycles. The highest BCUT2D eigenvalue weighted by Gasteiger charge is 2.11. The first-order chi connectivity index (χ1) is 13.0. The molecule has 136 valence electrons. The van der Waals surface area contributed by atoms with Gasteiger partial charge in [-0.25, -0.2) is 14.4 Å². The molecule has 0 atom stereocenters. The van der Waals surface area contributed by atoms with Gasteiger partial charge in [-0.15, -0.1) is 0 Å². The topological polar surface area (TPSA) is 96.0 Å². The normalized spacial score (nSPS) is 10.1. The van der Waals surface area contributed by atoms with Crippen molar-refractivity contribution in [1.82, 2.24) is 9.97 Å². The van der Waals surface area contributed by atoms with Crippen LogP contribution in [0.25, 0.3) is 0 Å². The molecule has 0 saturated heterocycles. The number of carbonyl (C=O) groups excluding carboxylic acids is 2. The fourth-order valence-electron chi connectivity index (χ4n) is 2.32. The predicted octanol–water partition coefficient (Wildman–Crippen LogP) is 3.57. The molecule has 1 aromatic heterocycles. The van der Waals surface area contributed by atoms with Crippen molar-refractivity contribution in [3.63, 3.8) is 0 Å². The second kappa shape index (κ2) is 8.05. The average molecular weight is 365 g/mol. The highest BCUT2D eigenvalue weighted by molar-refractivity contribution is 6.03. The maximum Gasteiger partial charge on any atom is 0.274 e. The van der Waals surface area contributed by atoms with Crippen molar-refractivity contribution in [3.05, 3.63) is 72.4 Å². The molecule has 0 bridgehead atoms. The molecule has 2 aromatic carbocycles. The van der Waals surface area contributed by atoms with E-state index in [0.717, 1.165) is 0 Å². The Morgan fingerprint density at radius 2 is 1.70 bits per heavy atom. The minimum Gasteiger partial charge on any atom is -0.340 e. The zero-order valence-corrected chi connectivity index (χ0v) is 14.4. The van der Waals surface area contributed by atoms with Crippen molar-refractivity contribution in [2.45, 2.75) is 6.92 Å². The number of nitrogens with zero attached hydrogens (tertiary/aromatic N) is 2. The summed E-state index contributed by atoms with van der Waals surface area (Å²) in [7, 11) is 0. The monoisotopic (exact) mass is 365 g/mol. The maximum absolute atomic E-state index is 13.7. The van der Waals surface area contributed by atoms with Crippen molar-refractivity contribution < 1.29 is 14.0 Å². The zero-order chi connectivity index (χ0) is 19.2. The Bertz CT molecular complexity index is 993. The Labute approximate surface area is 154 Å². The van der Waals surface area contributed by atoms with Gasteiger partial charge in [0.2, 0.25) is 5.91 Å². The van der Waals surface area contributed by atoms with Crippen LogP contribution in [0.2, 0.25) is 0 Å². The first-order valence-corrected chi connectivity index (χ1v) is 8.04. The van der Waals surface area contributed by atoms with E-state index in [9.17, 15) is 14.0 Å². The van der Waals surface area contributed by atoms with E-state index in [1.807, 2.05) is 0 Å². The summed E-state index contributed by atoms with van der Waals surface area (Å²) in [5.74, 6) is -0.893. The molecule has 3 rings (SSSR count). The molecule has 8 heteroatoms. The largest absolute Gasteiger partial charge is 0.340 e. The van der Waals surface area contributed by atoms with E-state index in [0.29, 0.717) is 17.2 Å². The molecule has 1 heterocycles. The molecule has 0 spiro atoms. The van der Waals surface area contributed by atoms with E-state index in [1.54, 1.807) is 30.3 Å². The van der Waals surface area contributed by atoms with Crippen molar-refractivity contribution in [1.29, 1.82) is 0 Å². The van der Waals surface area contributed by atoms with Gasteiger partial charge in [-0.2, -0.15) is 0 Å². The molecule has 0 fully saturated rings. The molecule has 2 amide bonds. The number of benzene rings is 2. The van der Waals surface area contributed by atoms with Crippen LogP contribution in [-0.4, -0.2) is 21.8 Å². The molecule has 0 saturated carbocycles. The minimum absolute atomic E-state index is 0.0682. The number of para-hydroxylation sites is 1. The predicted molar refractivity (Wildman–Crippen MR) is 100 cm³/mol. The third-order valence-corrected chi connectivity index (χ3v) is 3.48. The quantitative estimate of drug-likeness (QED) is 0.642. The first kappa shape index (κ1) is 18.0. The number of nitrogens with one attached hydrogen (secondary N) is 3. The van der Waals surface area contributed by atoms with E-state index in [-0.39, 0.29) is 17.3 Å². The Morgan fingerprint density at radius 3 is 2.48 bits per heavy atom. The number of hydrogen-bond donors (Lipinski definition) is 3. The van der Waals surface area contributed by atoms with Crippen LogP contribution < -0.4 is 16.0 Å². The second-order valence-corrected chi connectivity index (χ2v) is 5.61. The summed E-state index contributed by atoms with van der Waals surface area (Å²) in [6.07, 6.45) is 1.23. The lowest BCUT2D eigenvalue weighted by molar-refractivity contribution is -0.114. The van der Waals surface area contributed by atoms with Crippen LogP contribution in [0, 0.1) is 5.82 Å². The Kier molecular flexibility index (Phi) is 5.36. The number of amides is 2. The van der Waals surface area contributed by atoms with Crippen molar-refractivity contribution in [2.75, 3.05) is 16.0 Å². The Morgan fingerprint density at radius 1 is 0.926 bits per heavy atom. The van der Waals surface area contributed by atoms with Crippen LogP contribution in [-0.2, 0) is 4.79 Å². The van der Waals surface area contributed by atoms with Gasteiger partial charge < -0.3 is 16.0 Å². The molecule has 3 aromatic rings. The number of hydrogen-bond acceptors (Lipinski definition) is 5. The van der Waals surface area contributed by atoms with Crippen molar-refractivity contribution in [3.8, 4) is 0 Å². The van der Waals surface area contributed by atoms with Crippen molar-refractivity contribution in [2.24, 2.45) is 0 Å². The fraction of sp³-hybridized carbons (Fsp3) is 0.0526. The smallest absolute Gasteiger partial charge is 0.274 e. The maximum atomic E-state index is 13.7. The highest BCUT2D eigenvalue weighted by atomic mass is 19.1. The van der Waals surface area contributed by atoms with Crippen LogP contribution in [0.5, 0.6) is 0 Å². The average Bonchev–Trinajstić information content (AvgIpc) is 2.63. The second-order valence-electron chi connectivity index (χ2n) is 5.61. The summed E-state index contributed by atoms with van der Waals surface area (Å²) < 4.78 is 13.7. The van der Waals surface area contributed by atoms with E-state index >= 15 is 0 Å². The van der Waals surface area contributed by atoms with Crippen LogP contribution >= 0.6 is 0 Å². The number of aromatic nitrogens is 2. The summed E-state index contributed by atoms with van der Waals surface area (Å²) in [5.41, 5.74) is 1.44. The summed E-state index contributed by atoms with van der Waals surface area (Å²) in [4.78, 5) is 31.4. The molecular formula is C19H16FN5O2. The standard InChI is InChI=1S/C19H16FN5O2/c1-12(26)23-13-5-4-6-14(9-13)24-18-10-17(21-11-22-18)19(27)25-16-8-3-2-7-15(16)20/h2-11H,1H3,(H,23,26)(H,25,27)(H,21,22,24). The van der Waals surface area contributed by atoms with Gasteiger partial charge in [0.25, 0.3) is 5.91 Å². The van der Waals surface area contributed by atoms with Crippen molar-refractivity contribution >= 4 is 34.7 Å². The summed E-state index contributed by atoms with van der Waals surface area (Å²) in [6.45, 7) is 1.42. The summed E-state index contributed by atoms with van der Waals surface area (Å²) in [6, 6.07) is 14.3. The summed E-state index contributed by atoms with van der Waals surface area (Å²) >= 11 is 0. The van der Waals surface area contributed by atoms with Crippen LogP contribution in [0.3, 0.4) is 0 Å². The molecule has 7 nitrogen and oxygen atoms in total. The van der Waals surface area contributed by atoms with Gasteiger partial charge in [0, 0.05) is 24.4 Å². The molecular weight excluding hydrogens is 349 g/mol. The first-order valence-electron chi connectivity index (χ1n) is 8.04. The third kappa shape index (κ3) is 4.85. The number of rotatable bonds is 5. The molecule has 0 aliphatic rings. The van der Waals surface area contributed by atoms with Gasteiger partial charge in [0.15, 0.2) is 0 Å². The van der Waals surface area contributed by atoms with E-state index < -0.39 is 11.7 Å². The SMILES string of the molecule is CC(=O)Nc1cccc(Nc2cc(C(=O)Nc3ccccc3F)ncn2)c1. The fourth-order valence-corrected chi connectivity index (χ4v) is 2.32. The van der Waals surface area contributed by atoms with E-state index in [2.05, 4.69) is 25.9 Å². The molecule has 3 N–H and O–H groups in total. The van der Waals surface area contributed by atoms with Gasteiger partial charge >= 0.3 is 0 Å². The Balaban J connectivity index is 1.75. The number of carbonyl (C=O) groups is 2. The molecule has 0 aliphatic carbocycles. The number of anilines is 4.